The Kier molecular flexibility index (Phi) is 8.51. The van der Waals surface area contributed by atoms with Gasteiger partial charge in [0.1, 0.15) is 22.8 Å². The Morgan fingerprint density at radius 3 is 2.49 bits per heavy atom. The van der Waals surface area contributed by atoms with Gasteiger partial charge in [-0.3, -0.25) is 24.1 Å². The van der Waals surface area contributed by atoms with Crippen molar-refractivity contribution in [3.63, 3.8) is 0 Å². The Bertz CT molecular complexity index is 1390. The summed E-state index contributed by atoms with van der Waals surface area (Å²) >= 11 is 6.41. The van der Waals surface area contributed by atoms with E-state index in [0.717, 1.165) is 19.3 Å². The van der Waals surface area contributed by atoms with E-state index in [-0.39, 0.29) is 41.2 Å². The zero-order valence-corrected chi connectivity index (χ0v) is 23.8. The van der Waals surface area contributed by atoms with E-state index in [4.69, 9.17) is 17.3 Å². The second-order valence-corrected chi connectivity index (χ2v) is 11.4. The number of halogens is 1. The van der Waals surface area contributed by atoms with E-state index in [9.17, 15) is 39.6 Å². The average Bonchev–Trinajstić information content (AvgIpc) is 2.88. The maximum absolute atomic E-state index is 13.9. The van der Waals surface area contributed by atoms with E-state index >= 15 is 0 Å². The lowest BCUT2D eigenvalue weighted by atomic mass is 9.57. The summed E-state index contributed by atoms with van der Waals surface area (Å²) in [5, 5.41) is 50.6. The number of aromatic hydroxyl groups is 1. The van der Waals surface area contributed by atoms with Gasteiger partial charge >= 0.3 is 0 Å². The van der Waals surface area contributed by atoms with Crippen LogP contribution in [-0.2, 0) is 25.6 Å². The van der Waals surface area contributed by atoms with Gasteiger partial charge in [-0.15, -0.1) is 0 Å². The second-order valence-electron chi connectivity index (χ2n) is 11.0. The highest BCUT2D eigenvalue weighted by molar-refractivity contribution is 6.34. The molecule has 4 atom stereocenters. The fourth-order valence-electron chi connectivity index (χ4n) is 6.27. The molecule has 0 heterocycles. The van der Waals surface area contributed by atoms with Crippen LogP contribution in [0.5, 0.6) is 5.75 Å². The van der Waals surface area contributed by atoms with Crippen molar-refractivity contribution < 1.29 is 39.6 Å². The van der Waals surface area contributed by atoms with Crippen LogP contribution in [-0.4, -0.2) is 87.5 Å². The first-order chi connectivity index (χ1) is 19.3. The number of phenolic OH excluding ortho intramolecular Hbond substituents is 1. The third-order valence-corrected chi connectivity index (χ3v) is 8.47. The predicted molar refractivity (Wildman–Crippen MR) is 150 cm³/mol. The number of nitrogens with one attached hydrogen (secondary N) is 2. The quantitative estimate of drug-likeness (QED) is 0.125. The molecule has 0 saturated heterocycles. The molecular weight excluding hydrogens is 556 g/mol. The summed E-state index contributed by atoms with van der Waals surface area (Å²) in [6.07, 6.45) is 3.00. The first-order valence-electron chi connectivity index (χ1n) is 13.5. The Balaban J connectivity index is 1.75. The number of nitrogens with two attached hydrogens (primary N) is 1. The zero-order chi connectivity index (χ0) is 30.4. The molecule has 222 valence electrons. The highest BCUT2D eigenvalue weighted by atomic mass is 35.5. The van der Waals surface area contributed by atoms with Crippen molar-refractivity contribution in [3.8, 4) is 5.75 Å². The molecule has 3 aliphatic carbocycles. The molecule has 0 aliphatic heterocycles. The number of carbonyl (C=O) groups excluding carboxylic acids is 4. The van der Waals surface area contributed by atoms with Crippen molar-refractivity contribution in [2.24, 2.45) is 17.6 Å². The van der Waals surface area contributed by atoms with Crippen LogP contribution in [0.25, 0.3) is 5.76 Å². The lowest BCUT2D eigenvalue weighted by Gasteiger charge is -2.50. The van der Waals surface area contributed by atoms with E-state index in [0.29, 0.717) is 12.1 Å². The predicted octanol–water partition coefficient (Wildman–Crippen LogP) is 1.34. The summed E-state index contributed by atoms with van der Waals surface area (Å²) in [6, 6.07) is 0.301. The molecule has 1 fully saturated rings. The fraction of sp³-hybridized carbons (Fsp3) is 0.500. The number of fused-ring (bicyclic) bond motifs is 3. The average molecular weight is 591 g/mol. The molecule has 1 aromatic rings. The van der Waals surface area contributed by atoms with Crippen LogP contribution in [0.3, 0.4) is 0 Å². The molecular formula is C28H35ClN4O8. The zero-order valence-electron chi connectivity index (χ0n) is 23.1. The molecule has 4 rings (SSSR count). The third kappa shape index (κ3) is 4.99. The van der Waals surface area contributed by atoms with Gasteiger partial charge in [0, 0.05) is 11.5 Å². The minimum Gasteiger partial charge on any atom is -0.508 e. The Labute approximate surface area is 241 Å². The topological polar surface area (TPSA) is 203 Å². The van der Waals surface area contributed by atoms with Gasteiger partial charge in [0.15, 0.2) is 17.1 Å². The smallest absolute Gasteiger partial charge is 0.255 e. The first-order valence-corrected chi connectivity index (χ1v) is 13.8. The SMILES string of the molecule is CCCCCNCC(=O)Nc1c(Cl)cc2c(c1O)C(O)=C1C(=O)[C@]3(O)C(O)=C(C(N)=O)C(=O)[C@@H](N(C)C)C3CC1C2. The Hall–Kier alpha value is -3.45. The molecule has 0 aromatic heterocycles. The number of ketones is 2. The van der Waals surface area contributed by atoms with Crippen molar-refractivity contribution >= 4 is 46.4 Å². The molecule has 41 heavy (non-hydrogen) atoms. The summed E-state index contributed by atoms with van der Waals surface area (Å²) in [5.74, 6) is -8.01. The lowest BCUT2D eigenvalue weighted by molar-refractivity contribution is -0.153. The fourth-order valence-corrected chi connectivity index (χ4v) is 6.54. The van der Waals surface area contributed by atoms with Crippen molar-refractivity contribution in [1.82, 2.24) is 10.2 Å². The molecule has 2 amide bonds. The normalized spacial score (nSPS) is 25.7. The molecule has 0 radical (unpaired) electrons. The van der Waals surface area contributed by atoms with Crippen LogP contribution < -0.4 is 16.4 Å². The minimum atomic E-state index is -2.73. The number of hydrogen-bond donors (Lipinski definition) is 7. The number of nitrogens with zero attached hydrogens (tertiary/aromatic N) is 1. The van der Waals surface area contributed by atoms with Crippen molar-refractivity contribution in [2.75, 3.05) is 32.5 Å². The number of Topliss-reactive ketones (excluding diaryl/α,β-unsaturated/α-hetero) is 2. The highest BCUT2D eigenvalue weighted by Crippen LogP contribution is 2.54. The van der Waals surface area contributed by atoms with Crippen molar-refractivity contribution in [1.29, 1.82) is 0 Å². The van der Waals surface area contributed by atoms with Gasteiger partial charge < -0.3 is 36.8 Å². The molecule has 3 aliphatic rings. The summed E-state index contributed by atoms with van der Waals surface area (Å²) in [7, 11) is 3.06. The minimum absolute atomic E-state index is 0.0150. The number of phenols is 1. The molecule has 2 unspecified atom stereocenters. The van der Waals surface area contributed by atoms with Crippen LogP contribution >= 0.6 is 11.6 Å². The number of aliphatic hydroxyl groups excluding tert-OH is 2. The molecule has 12 nitrogen and oxygen atoms in total. The third-order valence-electron chi connectivity index (χ3n) is 8.17. The summed E-state index contributed by atoms with van der Waals surface area (Å²) < 4.78 is 0. The van der Waals surface area contributed by atoms with Gasteiger partial charge in [-0.1, -0.05) is 31.4 Å². The number of amides is 2. The monoisotopic (exact) mass is 590 g/mol. The number of likely N-dealkylation sites (N-methyl/N-ethyl adjacent to an activating group) is 1. The van der Waals surface area contributed by atoms with Gasteiger partial charge in [0.25, 0.3) is 5.91 Å². The summed E-state index contributed by atoms with van der Waals surface area (Å²) in [4.78, 5) is 53.1. The number of carbonyl (C=O) groups is 4. The standard InChI is InChI=1S/C28H35ClN4O8/c1-4-5-6-7-31-11-16(34)32-20-15(29)10-13-8-12-9-14-21(33(2)3)24(37)19(27(30)40)26(39)28(14,41)25(38)18(12)22(35)17(13)23(20)36/h10,12,14,21,31,35-36,39,41H,4-9,11H2,1-3H3,(H2,30,40)(H,32,34)/t12?,14?,21-,28-/m0/s1. The number of hydrogen-bond acceptors (Lipinski definition) is 10. The molecule has 13 heteroatoms. The Morgan fingerprint density at radius 2 is 1.88 bits per heavy atom. The maximum Gasteiger partial charge on any atom is 0.255 e. The number of unbranched alkanes of at least 4 members (excludes halogenated alkanes) is 2. The van der Waals surface area contributed by atoms with E-state index in [1.165, 1.54) is 25.1 Å². The van der Waals surface area contributed by atoms with Crippen LogP contribution in [0.15, 0.2) is 23.0 Å². The van der Waals surface area contributed by atoms with E-state index in [1.54, 1.807) is 0 Å². The van der Waals surface area contributed by atoms with Crippen molar-refractivity contribution in [2.45, 2.75) is 50.7 Å². The van der Waals surface area contributed by atoms with Crippen LogP contribution in [0.1, 0.15) is 43.7 Å². The van der Waals surface area contributed by atoms with Gasteiger partial charge in [-0.25, -0.2) is 0 Å². The van der Waals surface area contributed by atoms with Crippen LogP contribution in [0.2, 0.25) is 5.02 Å². The number of primary amides is 1. The van der Waals surface area contributed by atoms with Gasteiger partial charge in [-0.05, 0) is 57.5 Å². The van der Waals surface area contributed by atoms with E-state index in [2.05, 4.69) is 17.6 Å². The van der Waals surface area contributed by atoms with E-state index < -0.39 is 69.7 Å². The molecule has 0 bridgehead atoms. The van der Waals surface area contributed by atoms with E-state index in [1.807, 2.05) is 0 Å². The van der Waals surface area contributed by atoms with Gasteiger partial charge in [0.2, 0.25) is 11.7 Å². The number of aliphatic hydroxyl groups is 3. The summed E-state index contributed by atoms with van der Waals surface area (Å²) in [6.45, 7) is 2.65. The van der Waals surface area contributed by atoms with Crippen LogP contribution in [0.4, 0.5) is 5.69 Å². The second kappa shape index (κ2) is 11.4. The largest absolute Gasteiger partial charge is 0.508 e. The maximum atomic E-state index is 13.9. The number of rotatable bonds is 9. The van der Waals surface area contributed by atoms with Gasteiger partial charge in [-0.2, -0.15) is 0 Å². The number of anilines is 1. The van der Waals surface area contributed by atoms with Gasteiger partial charge in [0.05, 0.1) is 23.2 Å². The molecule has 1 aromatic carbocycles. The molecule has 0 spiro atoms. The number of benzene rings is 1. The summed E-state index contributed by atoms with van der Waals surface area (Å²) in [5.41, 5.74) is 1.51. The van der Waals surface area contributed by atoms with Crippen LogP contribution in [0, 0.1) is 11.8 Å². The first kappa shape index (κ1) is 30.5. The molecule has 8 N–H and O–H groups in total. The lowest BCUT2D eigenvalue weighted by Crippen LogP contribution is -2.65. The molecule has 1 saturated carbocycles. The Morgan fingerprint density at radius 1 is 1.20 bits per heavy atom. The van der Waals surface area contributed by atoms with Crippen molar-refractivity contribution in [3.05, 3.63) is 39.1 Å². The highest BCUT2D eigenvalue weighted by Gasteiger charge is 2.64.